The molecular weight excluding hydrogens is 515 g/mol. The summed E-state index contributed by atoms with van der Waals surface area (Å²) in [5.74, 6) is 1.73. The number of rotatable bonds is 10. The van der Waals surface area contributed by atoms with Crippen molar-refractivity contribution < 1.29 is 9.47 Å². The third-order valence-corrected chi connectivity index (χ3v) is 5.72. The number of guanidine groups is 1. The lowest BCUT2D eigenvalue weighted by molar-refractivity contribution is 0.0355. The van der Waals surface area contributed by atoms with Crippen LogP contribution in [0.5, 0.6) is 5.75 Å². The highest BCUT2D eigenvalue weighted by molar-refractivity contribution is 14.0. The number of halogens is 1. The Morgan fingerprint density at radius 1 is 1.03 bits per heavy atom. The van der Waals surface area contributed by atoms with Crippen LogP contribution in [-0.2, 0) is 4.74 Å². The minimum absolute atomic E-state index is 0. The molecule has 1 unspecified atom stereocenters. The van der Waals surface area contributed by atoms with Crippen molar-refractivity contribution >= 4 is 29.9 Å². The number of hydrogen-bond acceptors (Lipinski definition) is 4. The first-order valence-electron chi connectivity index (χ1n) is 11.2. The highest BCUT2D eigenvalue weighted by Gasteiger charge is 2.34. The van der Waals surface area contributed by atoms with Gasteiger partial charge in [0.1, 0.15) is 5.75 Å². The van der Waals surface area contributed by atoms with E-state index in [-0.39, 0.29) is 35.6 Å². The Morgan fingerprint density at radius 2 is 1.69 bits per heavy atom. The molecule has 0 spiro atoms. The Bertz CT molecular complexity index is 783. The zero-order valence-corrected chi connectivity index (χ0v) is 21.5. The van der Waals surface area contributed by atoms with E-state index >= 15 is 0 Å². The molecule has 3 N–H and O–H groups in total. The molecule has 6 nitrogen and oxygen atoms in total. The van der Waals surface area contributed by atoms with Gasteiger partial charge in [-0.15, -0.1) is 24.0 Å². The molecule has 1 saturated heterocycles. The topological polar surface area (TPSA) is 66.9 Å². The van der Waals surface area contributed by atoms with Gasteiger partial charge in [0.25, 0.3) is 0 Å². The van der Waals surface area contributed by atoms with Crippen LogP contribution in [-0.4, -0.2) is 51.5 Å². The molecule has 0 bridgehead atoms. The number of aliphatic imine (C=N–C) groups is 1. The molecular formula is C25H37IN4O2. The van der Waals surface area contributed by atoms with Crippen molar-refractivity contribution in [3.05, 3.63) is 66.2 Å². The molecule has 0 amide bonds. The number of hydrogen-bond donors (Lipinski definition) is 3. The molecule has 7 heteroatoms. The predicted molar refractivity (Wildman–Crippen MR) is 142 cm³/mol. The number of benzene rings is 2. The monoisotopic (exact) mass is 552 g/mol. The van der Waals surface area contributed by atoms with Crippen molar-refractivity contribution in [2.75, 3.05) is 40.0 Å². The molecule has 0 aromatic heterocycles. The average Bonchev–Trinajstić information content (AvgIpc) is 2.82. The third kappa shape index (κ3) is 8.60. The van der Waals surface area contributed by atoms with Crippen LogP contribution in [0.1, 0.15) is 37.8 Å². The minimum atomic E-state index is -0.0262. The van der Waals surface area contributed by atoms with Gasteiger partial charge in [-0.2, -0.15) is 0 Å². The molecule has 1 aliphatic heterocycles. The van der Waals surface area contributed by atoms with Gasteiger partial charge < -0.3 is 25.4 Å². The van der Waals surface area contributed by atoms with E-state index in [1.54, 1.807) is 0 Å². The van der Waals surface area contributed by atoms with Crippen molar-refractivity contribution in [1.82, 2.24) is 16.0 Å². The minimum Gasteiger partial charge on any atom is -0.494 e. The van der Waals surface area contributed by atoms with Gasteiger partial charge in [-0.3, -0.25) is 4.99 Å². The lowest BCUT2D eigenvalue weighted by Gasteiger charge is -2.41. The Kier molecular flexibility index (Phi) is 11.8. The summed E-state index contributed by atoms with van der Waals surface area (Å²) in [6, 6.07) is 20.8. The zero-order valence-electron chi connectivity index (χ0n) is 19.2. The van der Waals surface area contributed by atoms with Crippen LogP contribution in [0.4, 0.5) is 0 Å². The summed E-state index contributed by atoms with van der Waals surface area (Å²) in [5, 5.41) is 10.8. The summed E-state index contributed by atoms with van der Waals surface area (Å²) in [6.07, 6.45) is 2.84. The van der Waals surface area contributed by atoms with Crippen molar-refractivity contribution in [3.8, 4) is 5.75 Å². The van der Waals surface area contributed by atoms with E-state index in [4.69, 9.17) is 9.47 Å². The van der Waals surface area contributed by atoms with E-state index in [9.17, 15) is 0 Å². The van der Waals surface area contributed by atoms with E-state index in [2.05, 4.69) is 58.2 Å². The SMILES string of the molecule is CN=C(NCCCOc1ccccc1)NCC1(NC(C)c2ccccc2)CCOCC1.I. The van der Waals surface area contributed by atoms with Gasteiger partial charge in [0.05, 0.1) is 6.61 Å². The lowest BCUT2D eigenvalue weighted by Crippen LogP contribution is -2.58. The normalized spacial score (nSPS) is 16.5. The van der Waals surface area contributed by atoms with Gasteiger partial charge in [-0.05, 0) is 43.9 Å². The molecule has 1 heterocycles. The fourth-order valence-corrected chi connectivity index (χ4v) is 3.88. The van der Waals surface area contributed by atoms with Crippen LogP contribution in [0.15, 0.2) is 65.7 Å². The third-order valence-electron chi connectivity index (χ3n) is 5.72. The van der Waals surface area contributed by atoms with Crippen LogP contribution in [0.2, 0.25) is 0 Å². The quantitative estimate of drug-likeness (QED) is 0.179. The standard InChI is InChI=1S/C25H36N4O2.HI/c1-21(22-10-5-3-6-11-22)29-25(14-18-30-19-15-25)20-28-24(26-2)27-16-9-17-31-23-12-7-4-8-13-23;/h3-8,10-13,21,29H,9,14-20H2,1-2H3,(H2,26,27,28);1H. The summed E-state index contributed by atoms with van der Waals surface area (Å²) < 4.78 is 11.4. The number of para-hydroxylation sites is 1. The summed E-state index contributed by atoms with van der Waals surface area (Å²) in [5.41, 5.74) is 1.27. The van der Waals surface area contributed by atoms with E-state index < -0.39 is 0 Å². The molecule has 176 valence electrons. The van der Waals surface area contributed by atoms with Crippen LogP contribution < -0.4 is 20.7 Å². The highest BCUT2D eigenvalue weighted by atomic mass is 127. The largest absolute Gasteiger partial charge is 0.494 e. The van der Waals surface area contributed by atoms with E-state index in [1.807, 2.05) is 37.4 Å². The van der Waals surface area contributed by atoms with Gasteiger partial charge in [0.15, 0.2) is 5.96 Å². The molecule has 32 heavy (non-hydrogen) atoms. The van der Waals surface area contributed by atoms with Crippen molar-refractivity contribution in [1.29, 1.82) is 0 Å². The Morgan fingerprint density at radius 3 is 2.34 bits per heavy atom. The van der Waals surface area contributed by atoms with Gasteiger partial charge in [-0.1, -0.05) is 48.5 Å². The van der Waals surface area contributed by atoms with Crippen molar-refractivity contribution in [3.63, 3.8) is 0 Å². The maximum Gasteiger partial charge on any atom is 0.191 e. The average molecular weight is 553 g/mol. The summed E-state index contributed by atoms with van der Waals surface area (Å²) in [4.78, 5) is 4.39. The fraction of sp³-hybridized carbons (Fsp3) is 0.480. The summed E-state index contributed by atoms with van der Waals surface area (Å²) in [6.45, 7) is 6.06. The van der Waals surface area contributed by atoms with Gasteiger partial charge in [0.2, 0.25) is 0 Å². The fourth-order valence-electron chi connectivity index (χ4n) is 3.88. The van der Waals surface area contributed by atoms with Crippen LogP contribution in [0.3, 0.4) is 0 Å². The lowest BCUT2D eigenvalue weighted by atomic mass is 9.88. The summed E-state index contributed by atoms with van der Waals surface area (Å²) in [7, 11) is 1.81. The molecule has 0 saturated carbocycles. The smallest absolute Gasteiger partial charge is 0.191 e. The Balaban J connectivity index is 0.00000363. The van der Waals surface area contributed by atoms with E-state index in [0.717, 1.165) is 57.3 Å². The van der Waals surface area contributed by atoms with Crippen LogP contribution in [0, 0.1) is 0 Å². The first-order chi connectivity index (χ1) is 15.2. The Labute approximate surface area is 209 Å². The van der Waals surface area contributed by atoms with Gasteiger partial charge >= 0.3 is 0 Å². The molecule has 3 rings (SSSR count). The Hall–Kier alpha value is -1.84. The highest BCUT2D eigenvalue weighted by Crippen LogP contribution is 2.25. The summed E-state index contributed by atoms with van der Waals surface area (Å²) >= 11 is 0. The zero-order chi connectivity index (χ0) is 21.8. The molecule has 1 fully saturated rings. The van der Waals surface area contributed by atoms with E-state index in [0.29, 0.717) is 6.61 Å². The maximum atomic E-state index is 5.75. The molecule has 0 aliphatic carbocycles. The maximum absolute atomic E-state index is 5.75. The number of nitrogens with one attached hydrogen (secondary N) is 3. The molecule has 2 aromatic carbocycles. The molecule has 0 radical (unpaired) electrons. The van der Waals surface area contributed by atoms with Gasteiger partial charge in [0, 0.05) is 44.9 Å². The molecule has 1 atom stereocenters. The number of nitrogens with zero attached hydrogens (tertiary/aromatic N) is 1. The van der Waals surface area contributed by atoms with Crippen LogP contribution >= 0.6 is 24.0 Å². The molecule has 1 aliphatic rings. The number of ether oxygens (including phenoxy) is 2. The molecule has 2 aromatic rings. The predicted octanol–water partition coefficient (Wildman–Crippen LogP) is 4.14. The second kappa shape index (κ2) is 14.3. The van der Waals surface area contributed by atoms with Gasteiger partial charge in [-0.25, -0.2) is 0 Å². The first kappa shape index (κ1) is 26.4. The van der Waals surface area contributed by atoms with E-state index in [1.165, 1.54) is 5.56 Å². The second-order valence-corrected chi connectivity index (χ2v) is 8.04. The van der Waals surface area contributed by atoms with Crippen LogP contribution in [0.25, 0.3) is 0 Å². The first-order valence-corrected chi connectivity index (χ1v) is 11.2. The van der Waals surface area contributed by atoms with Crippen molar-refractivity contribution in [2.45, 2.75) is 37.8 Å². The second-order valence-electron chi connectivity index (χ2n) is 8.04. The van der Waals surface area contributed by atoms with Crippen molar-refractivity contribution in [2.24, 2.45) is 4.99 Å².